The van der Waals surface area contributed by atoms with Gasteiger partial charge in [-0.05, 0) is 25.8 Å². The van der Waals surface area contributed by atoms with Gasteiger partial charge in [0.05, 0.1) is 12.8 Å². The van der Waals surface area contributed by atoms with Crippen LogP contribution in [-0.4, -0.2) is 78.7 Å². The number of methoxy groups -OCH3 is 1. The number of amides is 2. The molecule has 3 aromatic rings. The number of hydrogen-bond acceptors (Lipinski definition) is 9. The van der Waals surface area contributed by atoms with E-state index in [0.29, 0.717) is 56.0 Å². The van der Waals surface area contributed by atoms with Crippen LogP contribution in [0.4, 0.5) is 10.6 Å². The number of ether oxygens (including phenoxy) is 1. The van der Waals surface area contributed by atoms with Gasteiger partial charge in [0.1, 0.15) is 5.75 Å². The molecule has 0 radical (unpaired) electrons. The van der Waals surface area contributed by atoms with Gasteiger partial charge in [0, 0.05) is 0 Å². The molecule has 2 amide bonds. The van der Waals surface area contributed by atoms with Gasteiger partial charge in [0.15, 0.2) is 0 Å². The molecule has 2 saturated carbocycles. The van der Waals surface area contributed by atoms with E-state index in [2.05, 4.69) is 6.07 Å². The summed E-state index contributed by atoms with van der Waals surface area (Å²) in [6.45, 7) is 3.70. The molecule has 0 spiro atoms. The zero-order valence-corrected chi connectivity index (χ0v) is 30.7. The minimum Gasteiger partial charge on any atom is -0.0184 e. The molecule has 12 heteroatoms. The van der Waals surface area contributed by atoms with Crippen LogP contribution >= 0.6 is 20.2 Å². The number of aromatic nitrogens is 3. The molecule has 0 unspecified atom stereocenters. The van der Waals surface area contributed by atoms with Crippen molar-refractivity contribution >= 4 is 38.1 Å². The molecule has 0 aromatic carbocycles. The molecule has 4 fully saturated rings. The first-order chi connectivity index (χ1) is 23.8. The van der Waals surface area contributed by atoms with E-state index >= 15 is 0 Å². The standard InChI is InChI=1S/C37H48IN5O6/c1-24-33(47-2)10-9-31(40-24)26-5-3-25(4-6-26)22-43(34-21-29(13-18-39-34)32-23-48-35(41-32)27-7-8-27)36(45)28-11-16-38(17-12-28)49-37(46)42-19-14-30(44)15-20-42/h9-10,13,18,21,23,25-28,30,44H,3-8,11-12,14-17,19-20,22H2,1-2H3. The van der Waals surface area contributed by atoms with Gasteiger partial charge in [-0.2, -0.15) is 0 Å². The van der Waals surface area contributed by atoms with Crippen LogP contribution in [0.15, 0.2) is 41.1 Å². The zero-order chi connectivity index (χ0) is 33.9. The molecule has 0 bridgehead atoms. The van der Waals surface area contributed by atoms with Crippen molar-refractivity contribution < 1.29 is 26.9 Å². The van der Waals surface area contributed by atoms with Crippen molar-refractivity contribution in [2.45, 2.75) is 89.1 Å². The van der Waals surface area contributed by atoms with Gasteiger partial charge in [-0.1, -0.05) is 0 Å². The van der Waals surface area contributed by atoms with E-state index in [4.69, 9.17) is 27.2 Å². The number of aliphatic hydroxyl groups is 1. The molecule has 5 heterocycles. The fourth-order valence-electron chi connectivity index (χ4n) is 7.35. The quantitative estimate of drug-likeness (QED) is 0.179. The Morgan fingerprint density at radius 3 is 2.41 bits per heavy atom. The molecular formula is C37H48IN5O6. The third-order valence-electron chi connectivity index (χ3n) is 10.6. The number of alkyl halides is 2. The Labute approximate surface area is 296 Å². The van der Waals surface area contributed by atoms with Crippen LogP contribution in [0.3, 0.4) is 0 Å². The van der Waals surface area contributed by atoms with Crippen molar-refractivity contribution in [2.24, 2.45) is 11.8 Å². The van der Waals surface area contributed by atoms with Crippen LogP contribution < -0.4 is 9.64 Å². The van der Waals surface area contributed by atoms with Gasteiger partial charge in [-0.15, -0.1) is 0 Å². The van der Waals surface area contributed by atoms with Crippen molar-refractivity contribution in [3.63, 3.8) is 0 Å². The molecule has 7 rings (SSSR count). The van der Waals surface area contributed by atoms with E-state index in [1.165, 1.54) is 0 Å². The Morgan fingerprint density at radius 1 is 0.980 bits per heavy atom. The van der Waals surface area contributed by atoms with E-state index in [9.17, 15) is 14.7 Å². The summed E-state index contributed by atoms with van der Waals surface area (Å²) in [5.74, 6) is 3.43. The molecule has 2 aliphatic carbocycles. The summed E-state index contributed by atoms with van der Waals surface area (Å²) in [7, 11) is 1.68. The number of anilines is 1. The third-order valence-corrected chi connectivity index (χ3v) is 15.3. The number of carbonyl (C=O) groups is 2. The number of pyridine rings is 2. The fourth-order valence-corrected chi connectivity index (χ4v) is 12.0. The number of aryl methyl sites for hydroxylation is 1. The maximum atomic E-state index is 14.4. The Hall–Kier alpha value is -3.26. The van der Waals surface area contributed by atoms with Gasteiger partial charge in [0.2, 0.25) is 0 Å². The summed E-state index contributed by atoms with van der Waals surface area (Å²) in [6, 6.07) is 8.03. The monoisotopic (exact) mass is 785 g/mol. The summed E-state index contributed by atoms with van der Waals surface area (Å²) in [4.78, 5) is 45.2. The summed E-state index contributed by atoms with van der Waals surface area (Å²) in [6.07, 6.45) is 11.9. The second-order valence-corrected chi connectivity index (χ2v) is 19.0. The van der Waals surface area contributed by atoms with Crippen molar-refractivity contribution in [1.29, 1.82) is 0 Å². The van der Waals surface area contributed by atoms with Crippen molar-refractivity contribution in [3.8, 4) is 17.0 Å². The van der Waals surface area contributed by atoms with E-state index in [1.54, 1.807) is 24.5 Å². The van der Waals surface area contributed by atoms with E-state index < -0.39 is 20.2 Å². The van der Waals surface area contributed by atoms with Crippen LogP contribution in [0.5, 0.6) is 5.75 Å². The van der Waals surface area contributed by atoms with Crippen molar-refractivity contribution in [1.82, 2.24) is 19.9 Å². The maximum absolute atomic E-state index is 14.4. The van der Waals surface area contributed by atoms with Crippen LogP contribution in [-0.2, 0) is 7.86 Å². The van der Waals surface area contributed by atoms with E-state index in [0.717, 1.165) is 94.5 Å². The minimum atomic E-state index is -1.96. The number of rotatable bonds is 9. The van der Waals surface area contributed by atoms with Crippen molar-refractivity contribution in [2.75, 3.05) is 40.5 Å². The van der Waals surface area contributed by atoms with Gasteiger partial charge < -0.3 is 4.74 Å². The summed E-state index contributed by atoms with van der Waals surface area (Å²) in [5, 5.41) is 9.80. The Morgan fingerprint density at radius 2 is 1.71 bits per heavy atom. The predicted molar refractivity (Wildman–Crippen MR) is 194 cm³/mol. The first-order valence-electron chi connectivity index (χ1n) is 17.9. The number of carbonyl (C=O) groups excluding carboxylic acids is 2. The fraction of sp³-hybridized carbons (Fsp3) is 0.595. The number of nitrogens with zero attached hydrogens (tertiary/aromatic N) is 5. The van der Waals surface area contributed by atoms with E-state index in [1.807, 2.05) is 30.0 Å². The molecular weight excluding hydrogens is 737 g/mol. The van der Waals surface area contributed by atoms with Gasteiger partial charge in [0.25, 0.3) is 0 Å². The SMILES string of the molecule is COc1ccc(C2CCC(CN(C(=O)C3CCI(OC(=O)N4CCC(O)CC4)CC3)c3cc(-c4coc(C5CC5)n4)ccn3)CC2)nc1C. The summed E-state index contributed by atoms with van der Waals surface area (Å²) < 4.78 is 18.8. The molecule has 0 atom stereocenters. The average Bonchev–Trinajstić information content (AvgIpc) is 3.86. The number of hydrogen-bond donors (Lipinski definition) is 1. The first kappa shape index (κ1) is 34.2. The summed E-state index contributed by atoms with van der Waals surface area (Å²) >= 11 is -1.96. The third kappa shape index (κ3) is 8.22. The molecule has 2 saturated heterocycles. The number of piperidine rings is 1. The van der Waals surface area contributed by atoms with Crippen LogP contribution in [0.2, 0.25) is 0 Å². The smallest absolute Gasteiger partial charge is 0.0184 e. The minimum absolute atomic E-state index is 0.116. The van der Waals surface area contributed by atoms with E-state index in [-0.39, 0.29) is 24.0 Å². The summed E-state index contributed by atoms with van der Waals surface area (Å²) in [5.41, 5.74) is 3.72. The van der Waals surface area contributed by atoms with Gasteiger partial charge in [-0.3, -0.25) is 0 Å². The van der Waals surface area contributed by atoms with Crippen LogP contribution in [0.25, 0.3) is 11.3 Å². The number of halogens is 1. The number of likely N-dealkylation sites (tertiary alicyclic amines) is 1. The molecule has 2 aliphatic heterocycles. The Kier molecular flexibility index (Phi) is 10.7. The molecule has 264 valence electrons. The van der Waals surface area contributed by atoms with Gasteiger partial charge >= 0.3 is 248 Å². The molecule has 1 N–H and O–H groups in total. The number of aliphatic hydroxyl groups excluding tert-OH is 1. The zero-order valence-electron chi connectivity index (χ0n) is 28.6. The van der Waals surface area contributed by atoms with Crippen molar-refractivity contribution in [3.05, 3.63) is 54.0 Å². The predicted octanol–water partition coefficient (Wildman–Crippen LogP) is 7.06. The molecule has 3 aromatic heterocycles. The Bertz CT molecular complexity index is 1610. The first-order valence-corrected chi connectivity index (χ1v) is 21.8. The Balaban J connectivity index is 1.03. The van der Waals surface area contributed by atoms with Gasteiger partial charge in [-0.25, -0.2) is 0 Å². The van der Waals surface area contributed by atoms with Crippen LogP contribution in [0.1, 0.15) is 93.3 Å². The molecule has 4 aliphatic rings. The normalized spacial score (nSPS) is 22.9. The van der Waals surface area contributed by atoms with Crippen LogP contribution in [0, 0.1) is 18.8 Å². The average molecular weight is 786 g/mol. The molecule has 11 nitrogen and oxygen atoms in total. The second-order valence-electron chi connectivity index (χ2n) is 14.1. The molecule has 49 heavy (non-hydrogen) atoms. The second kappa shape index (κ2) is 15.3. The number of oxazole rings is 1. The topological polar surface area (TPSA) is 131 Å².